The zero-order valence-electron chi connectivity index (χ0n) is 12.7. The number of rotatable bonds is 5. The maximum atomic E-state index is 11.8. The minimum atomic E-state index is -0.264. The molecular formula is C15H25N3O2. The molecule has 1 N–H and O–H groups in total. The lowest BCUT2D eigenvalue weighted by Crippen LogP contribution is -2.40. The molecule has 0 bridgehead atoms. The third kappa shape index (κ3) is 2.87. The molecule has 0 spiro atoms. The van der Waals surface area contributed by atoms with Crippen LogP contribution in [0.2, 0.25) is 0 Å². The van der Waals surface area contributed by atoms with Crippen molar-refractivity contribution in [3.63, 3.8) is 0 Å². The Bertz CT molecular complexity index is 580. The molecule has 5 heteroatoms. The summed E-state index contributed by atoms with van der Waals surface area (Å²) in [6, 6.07) is 1.54. The van der Waals surface area contributed by atoms with Gasteiger partial charge in [0.05, 0.1) is 0 Å². The second-order valence-electron chi connectivity index (χ2n) is 6.04. The fraction of sp³-hybridized carbons (Fsp3) is 0.733. The van der Waals surface area contributed by atoms with E-state index in [-0.39, 0.29) is 11.2 Å². The number of nitrogens with one attached hydrogen (secondary N) is 1. The third-order valence-electron chi connectivity index (χ3n) is 4.85. The van der Waals surface area contributed by atoms with E-state index in [0.29, 0.717) is 12.0 Å². The van der Waals surface area contributed by atoms with Gasteiger partial charge in [-0.05, 0) is 24.7 Å². The molecule has 1 aliphatic carbocycles. The van der Waals surface area contributed by atoms with Crippen LogP contribution in [0.1, 0.15) is 44.7 Å². The summed E-state index contributed by atoms with van der Waals surface area (Å²) in [6.45, 7) is 3.79. The highest BCUT2D eigenvalue weighted by Crippen LogP contribution is 2.40. The standard InChI is InChI=1S/C15H25N3O2/c1-4-15(7-5-6-8-15)11-16-10-12-9-13(19)18(3)14(20)17(12)2/h9,16H,4-8,10-11H2,1-3H3. The van der Waals surface area contributed by atoms with Gasteiger partial charge in [-0.3, -0.25) is 13.9 Å². The van der Waals surface area contributed by atoms with Crippen LogP contribution in [0.5, 0.6) is 0 Å². The highest BCUT2D eigenvalue weighted by atomic mass is 16.2. The van der Waals surface area contributed by atoms with Gasteiger partial charge in [-0.2, -0.15) is 0 Å². The molecule has 112 valence electrons. The summed E-state index contributed by atoms with van der Waals surface area (Å²) in [7, 11) is 3.22. The number of hydrogen-bond donors (Lipinski definition) is 1. The first kappa shape index (κ1) is 15.0. The second-order valence-corrected chi connectivity index (χ2v) is 6.04. The molecule has 1 heterocycles. The van der Waals surface area contributed by atoms with E-state index in [1.807, 2.05) is 0 Å². The van der Waals surface area contributed by atoms with E-state index in [2.05, 4.69) is 12.2 Å². The monoisotopic (exact) mass is 279 g/mol. The van der Waals surface area contributed by atoms with Crippen molar-refractivity contribution < 1.29 is 0 Å². The van der Waals surface area contributed by atoms with Gasteiger partial charge in [-0.15, -0.1) is 0 Å². The quantitative estimate of drug-likeness (QED) is 0.879. The molecular weight excluding hydrogens is 254 g/mol. The molecule has 1 aromatic rings. The number of nitrogens with zero attached hydrogens (tertiary/aromatic N) is 2. The summed E-state index contributed by atoms with van der Waals surface area (Å²) in [4.78, 5) is 23.5. The average molecular weight is 279 g/mol. The first-order valence-corrected chi connectivity index (χ1v) is 7.46. The summed E-state index contributed by atoms with van der Waals surface area (Å²) in [5, 5.41) is 3.44. The third-order valence-corrected chi connectivity index (χ3v) is 4.85. The van der Waals surface area contributed by atoms with Crippen LogP contribution in [0.3, 0.4) is 0 Å². The Labute approximate surface area is 119 Å². The van der Waals surface area contributed by atoms with Crippen molar-refractivity contribution in [2.24, 2.45) is 19.5 Å². The number of aromatic nitrogens is 2. The lowest BCUT2D eigenvalue weighted by molar-refractivity contribution is 0.267. The van der Waals surface area contributed by atoms with Gasteiger partial charge in [0.2, 0.25) is 0 Å². The molecule has 0 aliphatic heterocycles. The van der Waals surface area contributed by atoms with E-state index in [1.165, 1.54) is 39.2 Å². The lowest BCUT2D eigenvalue weighted by Gasteiger charge is -2.28. The molecule has 1 aliphatic rings. The molecule has 20 heavy (non-hydrogen) atoms. The second kappa shape index (κ2) is 5.95. The highest BCUT2D eigenvalue weighted by Gasteiger charge is 2.31. The zero-order valence-corrected chi connectivity index (χ0v) is 12.7. The van der Waals surface area contributed by atoms with Crippen molar-refractivity contribution in [1.29, 1.82) is 0 Å². The van der Waals surface area contributed by atoms with E-state index in [1.54, 1.807) is 17.7 Å². The molecule has 1 saturated carbocycles. The molecule has 2 rings (SSSR count). The molecule has 0 saturated heterocycles. The fourth-order valence-corrected chi connectivity index (χ4v) is 3.18. The minimum absolute atomic E-state index is 0.240. The maximum Gasteiger partial charge on any atom is 0.330 e. The first-order chi connectivity index (χ1) is 9.49. The van der Waals surface area contributed by atoms with Crippen molar-refractivity contribution in [3.05, 3.63) is 32.6 Å². The predicted octanol–water partition coefficient (Wildman–Crippen LogP) is 1.14. The van der Waals surface area contributed by atoms with Gasteiger partial charge in [0, 0.05) is 38.9 Å². The maximum absolute atomic E-state index is 11.8. The molecule has 1 fully saturated rings. The van der Waals surface area contributed by atoms with Crippen molar-refractivity contribution in [2.75, 3.05) is 6.54 Å². The van der Waals surface area contributed by atoms with Gasteiger partial charge in [0.15, 0.2) is 0 Å². The van der Waals surface area contributed by atoms with Crippen LogP contribution in [-0.2, 0) is 20.6 Å². The normalized spacial score (nSPS) is 17.6. The first-order valence-electron chi connectivity index (χ1n) is 7.46. The summed E-state index contributed by atoms with van der Waals surface area (Å²) in [6.07, 6.45) is 6.40. The summed E-state index contributed by atoms with van der Waals surface area (Å²) < 4.78 is 2.68. The average Bonchev–Trinajstić information content (AvgIpc) is 2.91. The Kier molecular flexibility index (Phi) is 4.48. The molecule has 1 aromatic heterocycles. The Morgan fingerprint density at radius 2 is 1.85 bits per heavy atom. The molecule has 0 amide bonds. The topological polar surface area (TPSA) is 56.0 Å². The fourth-order valence-electron chi connectivity index (χ4n) is 3.18. The molecule has 0 atom stereocenters. The van der Waals surface area contributed by atoms with Crippen LogP contribution in [-0.4, -0.2) is 15.7 Å². The lowest BCUT2D eigenvalue weighted by atomic mass is 9.83. The van der Waals surface area contributed by atoms with Crippen molar-refractivity contribution >= 4 is 0 Å². The number of hydrogen-bond acceptors (Lipinski definition) is 3. The van der Waals surface area contributed by atoms with E-state index in [4.69, 9.17) is 0 Å². The van der Waals surface area contributed by atoms with Crippen LogP contribution < -0.4 is 16.6 Å². The van der Waals surface area contributed by atoms with Crippen molar-refractivity contribution in [3.8, 4) is 0 Å². The van der Waals surface area contributed by atoms with E-state index in [0.717, 1.165) is 16.8 Å². The summed E-state index contributed by atoms with van der Waals surface area (Å²) in [5.74, 6) is 0. The van der Waals surface area contributed by atoms with Crippen molar-refractivity contribution in [2.45, 2.75) is 45.6 Å². The van der Waals surface area contributed by atoms with Gasteiger partial charge in [0.25, 0.3) is 5.56 Å². The Morgan fingerprint density at radius 3 is 2.45 bits per heavy atom. The molecule has 0 radical (unpaired) electrons. The smallest absolute Gasteiger partial charge is 0.311 e. The van der Waals surface area contributed by atoms with Gasteiger partial charge in [-0.25, -0.2) is 4.79 Å². The SMILES string of the molecule is CCC1(CNCc2cc(=O)n(C)c(=O)n2C)CCCC1. The van der Waals surface area contributed by atoms with E-state index >= 15 is 0 Å². The van der Waals surface area contributed by atoms with Crippen LogP contribution in [0.15, 0.2) is 15.7 Å². The van der Waals surface area contributed by atoms with Crippen LogP contribution in [0, 0.1) is 5.41 Å². The van der Waals surface area contributed by atoms with E-state index < -0.39 is 0 Å². The van der Waals surface area contributed by atoms with Crippen molar-refractivity contribution in [1.82, 2.24) is 14.5 Å². The zero-order chi connectivity index (χ0) is 14.8. The van der Waals surface area contributed by atoms with Crippen LogP contribution in [0.25, 0.3) is 0 Å². The van der Waals surface area contributed by atoms with E-state index in [9.17, 15) is 9.59 Å². The minimum Gasteiger partial charge on any atom is -0.311 e. The summed E-state index contributed by atoms with van der Waals surface area (Å²) in [5.41, 5.74) is 0.664. The summed E-state index contributed by atoms with van der Waals surface area (Å²) >= 11 is 0. The molecule has 0 aromatic carbocycles. The Morgan fingerprint density at radius 1 is 1.20 bits per heavy atom. The van der Waals surface area contributed by atoms with Gasteiger partial charge >= 0.3 is 5.69 Å². The van der Waals surface area contributed by atoms with Crippen LogP contribution >= 0.6 is 0 Å². The molecule has 0 unspecified atom stereocenters. The van der Waals surface area contributed by atoms with Gasteiger partial charge in [0.1, 0.15) is 0 Å². The Balaban J connectivity index is 2.05. The van der Waals surface area contributed by atoms with Gasteiger partial charge in [-0.1, -0.05) is 19.8 Å². The van der Waals surface area contributed by atoms with Gasteiger partial charge < -0.3 is 5.32 Å². The highest BCUT2D eigenvalue weighted by molar-refractivity contribution is 5.02. The largest absolute Gasteiger partial charge is 0.330 e. The predicted molar refractivity (Wildman–Crippen MR) is 79.8 cm³/mol. The Hall–Kier alpha value is -1.36. The van der Waals surface area contributed by atoms with Crippen LogP contribution in [0.4, 0.5) is 0 Å². The molecule has 5 nitrogen and oxygen atoms in total.